The van der Waals surface area contributed by atoms with Crippen LogP contribution in [0.2, 0.25) is 0 Å². The smallest absolute Gasteiger partial charge is 0.331 e. The van der Waals surface area contributed by atoms with Gasteiger partial charge in [0.25, 0.3) is 5.19 Å². The number of fused-ring (bicyclic) bond motifs is 4. The number of aromatic nitrogens is 1. The minimum Gasteiger partial charge on any atom is -0.467 e. The van der Waals surface area contributed by atoms with Crippen LogP contribution in [-0.2, 0) is 19.1 Å². The number of ether oxygens (including phenoxy) is 2. The molecule has 3 aromatic carbocycles. The summed E-state index contributed by atoms with van der Waals surface area (Å²) in [5.74, 6) is -0.629. The van der Waals surface area contributed by atoms with Crippen LogP contribution in [0.25, 0.3) is 21.0 Å². The molecule has 1 aromatic heterocycles. The van der Waals surface area contributed by atoms with E-state index in [2.05, 4.69) is 46.8 Å². The van der Waals surface area contributed by atoms with Gasteiger partial charge < -0.3 is 25.0 Å². The molecule has 9 nitrogen and oxygen atoms in total. The number of nitrogens with zero attached hydrogens (tertiary/aromatic N) is 2. The molecule has 1 unspecified atom stereocenters. The molecule has 3 aliphatic rings. The van der Waals surface area contributed by atoms with E-state index in [4.69, 9.17) is 9.47 Å². The van der Waals surface area contributed by atoms with Crippen LogP contribution in [0.1, 0.15) is 58.3 Å². The number of carbonyl (C=O) groups is 3. The van der Waals surface area contributed by atoms with Crippen molar-refractivity contribution in [3.63, 3.8) is 0 Å². The molecule has 10 heteroatoms. The molecule has 4 aromatic rings. The Morgan fingerprint density at radius 1 is 1.00 bits per heavy atom. The topological polar surface area (TPSA) is 110 Å². The standard InChI is InChI=1S/C37H42N4O5S/c1-23-11-5-3-4-6-15-30(38-26-18-17-24-12-7-8-13-25(24)19-26)34(43)41-22-27(46-36-39-29-14-9-10-16-32(29)47-36)20-31(41)33(42)40-37(21-28(23)37)35(44)45-2/h7-10,12-14,16-19,23,27-28,30-31,38H,3-6,11,15,20-22H2,1-2H3,(H,40,42)/t23?,27-,28+,30+,31+,37-/m1/s1. The number of hydrogen-bond acceptors (Lipinski definition) is 8. The summed E-state index contributed by atoms with van der Waals surface area (Å²) in [5.41, 5.74) is 0.652. The van der Waals surface area contributed by atoms with Crippen LogP contribution >= 0.6 is 11.3 Å². The number of nitrogens with one attached hydrogen (secondary N) is 2. The third-order valence-electron chi connectivity index (χ3n) is 10.3. The zero-order valence-electron chi connectivity index (χ0n) is 26.9. The van der Waals surface area contributed by atoms with Crippen LogP contribution in [0, 0.1) is 11.8 Å². The summed E-state index contributed by atoms with van der Waals surface area (Å²) in [7, 11) is 1.37. The lowest BCUT2D eigenvalue weighted by Crippen LogP contribution is -2.55. The van der Waals surface area contributed by atoms with Crippen LogP contribution in [0.5, 0.6) is 5.19 Å². The van der Waals surface area contributed by atoms with Gasteiger partial charge in [0.05, 0.1) is 23.9 Å². The number of thiazole rings is 1. The number of esters is 1. The first-order valence-electron chi connectivity index (χ1n) is 16.8. The van der Waals surface area contributed by atoms with Gasteiger partial charge >= 0.3 is 5.97 Å². The van der Waals surface area contributed by atoms with Crippen LogP contribution in [0.15, 0.2) is 66.7 Å². The molecular formula is C37H42N4O5S. The highest BCUT2D eigenvalue weighted by Crippen LogP contribution is 2.51. The Bertz CT molecular complexity index is 1760. The normalized spacial score (nSPS) is 28.5. The van der Waals surface area contributed by atoms with Gasteiger partial charge in [0.1, 0.15) is 23.7 Å². The van der Waals surface area contributed by atoms with Crippen LogP contribution < -0.4 is 15.4 Å². The van der Waals surface area contributed by atoms with Crippen molar-refractivity contribution in [2.75, 3.05) is 19.0 Å². The Kier molecular flexibility index (Phi) is 8.79. The molecule has 2 saturated heterocycles. The van der Waals surface area contributed by atoms with Crippen molar-refractivity contribution >= 4 is 55.8 Å². The highest BCUT2D eigenvalue weighted by Gasteiger charge is 2.64. The first-order valence-corrected chi connectivity index (χ1v) is 17.6. The van der Waals surface area contributed by atoms with Gasteiger partial charge in [-0.05, 0) is 59.7 Å². The van der Waals surface area contributed by atoms with Crippen molar-refractivity contribution in [1.82, 2.24) is 15.2 Å². The molecule has 246 valence electrons. The van der Waals surface area contributed by atoms with Gasteiger partial charge in [-0.1, -0.05) is 92.8 Å². The fourth-order valence-corrected chi connectivity index (χ4v) is 8.50. The molecule has 2 aliphatic heterocycles. The molecule has 0 spiro atoms. The molecule has 6 atom stereocenters. The second-order valence-corrected chi connectivity index (χ2v) is 14.4. The third kappa shape index (κ3) is 6.40. The highest BCUT2D eigenvalue weighted by atomic mass is 32.1. The lowest BCUT2D eigenvalue weighted by atomic mass is 9.94. The highest BCUT2D eigenvalue weighted by molar-refractivity contribution is 7.20. The summed E-state index contributed by atoms with van der Waals surface area (Å²) in [5, 5.41) is 9.37. The first-order chi connectivity index (χ1) is 22.8. The minimum absolute atomic E-state index is 0.00620. The van der Waals surface area contributed by atoms with E-state index >= 15 is 0 Å². The fraction of sp³-hybridized carbons (Fsp3) is 0.459. The molecule has 2 N–H and O–H groups in total. The fourth-order valence-electron chi connectivity index (χ4n) is 7.62. The molecule has 2 amide bonds. The quantitative estimate of drug-likeness (QED) is 0.243. The molecule has 7 rings (SSSR count). The van der Waals surface area contributed by atoms with Gasteiger partial charge in [-0.2, -0.15) is 0 Å². The molecule has 3 heterocycles. The van der Waals surface area contributed by atoms with E-state index in [0.29, 0.717) is 24.5 Å². The van der Waals surface area contributed by atoms with E-state index in [9.17, 15) is 14.4 Å². The molecule has 0 radical (unpaired) electrons. The SMILES string of the molecule is COC(=O)[C@@]12C[C@H]1C(C)CCCCCC[C@H](Nc1ccc3ccccc3c1)C(=O)N1C[C@H](Oc3nc4ccccc4s3)C[C@H]1C(=O)N2. The molecule has 1 aliphatic carbocycles. The predicted molar refractivity (Wildman–Crippen MR) is 183 cm³/mol. The van der Waals surface area contributed by atoms with E-state index < -0.39 is 29.7 Å². The Balaban J connectivity index is 1.19. The number of rotatable bonds is 5. The van der Waals surface area contributed by atoms with Crippen molar-refractivity contribution < 1.29 is 23.9 Å². The van der Waals surface area contributed by atoms with Crippen LogP contribution in [-0.4, -0.2) is 65.0 Å². The summed E-state index contributed by atoms with van der Waals surface area (Å²) < 4.78 is 12.6. The number of anilines is 1. The van der Waals surface area contributed by atoms with Crippen molar-refractivity contribution in [3.05, 3.63) is 66.7 Å². The average molecular weight is 655 g/mol. The van der Waals surface area contributed by atoms with E-state index in [1.54, 1.807) is 4.90 Å². The summed E-state index contributed by atoms with van der Waals surface area (Å²) in [6.45, 7) is 2.41. The largest absolute Gasteiger partial charge is 0.467 e. The Hall–Kier alpha value is -4.18. The minimum atomic E-state index is -1.06. The number of amides is 2. The van der Waals surface area contributed by atoms with E-state index in [1.165, 1.54) is 18.4 Å². The van der Waals surface area contributed by atoms with Crippen molar-refractivity contribution in [2.24, 2.45) is 11.8 Å². The maximum atomic E-state index is 14.6. The van der Waals surface area contributed by atoms with Crippen molar-refractivity contribution in [3.8, 4) is 5.19 Å². The summed E-state index contributed by atoms with van der Waals surface area (Å²) >= 11 is 1.45. The Labute approximate surface area is 279 Å². The van der Waals surface area contributed by atoms with Gasteiger partial charge in [0.15, 0.2) is 0 Å². The Morgan fingerprint density at radius 3 is 2.57 bits per heavy atom. The Morgan fingerprint density at radius 2 is 1.77 bits per heavy atom. The maximum Gasteiger partial charge on any atom is 0.331 e. The molecule has 47 heavy (non-hydrogen) atoms. The zero-order chi connectivity index (χ0) is 32.5. The van der Waals surface area contributed by atoms with E-state index in [0.717, 1.165) is 58.8 Å². The number of para-hydroxylation sites is 1. The monoisotopic (exact) mass is 654 g/mol. The second kappa shape index (κ2) is 13.1. The predicted octanol–water partition coefficient (Wildman–Crippen LogP) is 6.32. The summed E-state index contributed by atoms with van der Waals surface area (Å²) in [6, 6.07) is 20.8. The number of benzene rings is 3. The number of carbonyl (C=O) groups excluding carboxylic acids is 3. The van der Waals surface area contributed by atoms with Crippen molar-refractivity contribution in [1.29, 1.82) is 0 Å². The molecule has 1 saturated carbocycles. The second-order valence-electron chi connectivity index (χ2n) is 13.4. The third-order valence-corrected chi connectivity index (χ3v) is 11.2. The first kappa shape index (κ1) is 31.4. The lowest BCUT2D eigenvalue weighted by Gasteiger charge is -2.30. The maximum absolute atomic E-state index is 14.6. The molecular weight excluding hydrogens is 612 g/mol. The zero-order valence-corrected chi connectivity index (χ0v) is 27.8. The molecule has 0 bridgehead atoms. The lowest BCUT2D eigenvalue weighted by molar-refractivity contribution is -0.148. The van der Waals surface area contributed by atoms with Gasteiger partial charge in [-0.25, -0.2) is 9.78 Å². The van der Waals surface area contributed by atoms with E-state index in [1.807, 2.05) is 42.5 Å². The number of hydrogen-bond donors (Lipinski definition) is 2. The van der Waals surface area contributed by atoms with Crippen LogP contribution in [0.3, 0.4) is 0 Å². The number of methoxy groups -OCH3 is 1. The summed E-state index contributed by atoms with van der Waals surface area (Å²) in [6.07, 6.45) is 6.02. The van der Waals surface area contributed by atoms with Gasteiger partial charge in [-0.15, -0.1) is 0 Å². The van der Waals surface area contributed by atoms with Gasteiger partial charge in [-0.3, -0.25) is 9.59 Å². The van der Waals surface area contributed by atoms with Crippen molar-refractivity contribution in [2.45, 2.75) is 82.0 Å². The summed E-state index contributed by atoms with van der Waals surface area (Å²) in [4.78, 5) is 48.2. The average Bonchev–Trinajstić information content (AvgIpc) is 3.42. The molecule has 3 fully saturated rings. The van der Waals surface area contributed by atoms with Crippen LogP contribution in [0.4, 0.5) is 5.69 Å². The van der Waals surface area contributed by atoms with E-state index in [-0.39, 0.29) is 30.2 Å². The van der Waals surface area contributed by atoms with Gasteiger partial charge in [0, 0.05) is 12.1 Å². The van der Waals surface area contributed by atoms with Gasteiger partial charge in [0.2, 0.25) is 11.8 Å².